The number of aromatic hydroxyl groups is 1. The summed E-state index contributed by atoms with van der Waals surface area (Å²) in [5.74, 6) is 0.262. The Balaban J connectivity index is 1.73. The molecular formula is C21H27NO4S. The van der Waals surface area contributed by atoms with Crippen LogP contribution in [0.1, 0.15) is 31.2 Å². The van der Waals surface area contributed by atoms with E-state index in [2.05, 4.69) is 4.90 Å². The van der Waals surface area contributed by atoms with E-state index in [4.69, 9.17) is 0 Å². The van der Waals surface area contributed by atoms with Crippen LogP contribution in [0.3, 0.4) is 0 Å². The van der Waals surface area contributed by atoms with Crippen LogP contribution in [-0.2, 0) is 16.4 Å². The van der Waals surface area contributed by atoms with Crippen LogP contribution in [0.4, 0.5) is 0 Å². The van der Waals surface area contributed by atoms with Crippen LogP contribution in [0.25, 0.3) is 0 Å². The summed E-state index contributed by atoms with van der Waals surface area (Å²) < 4.78 is 25.3. The summed E-state index contributed by atoms with van der Waals surface area (Å²) >= 11 is 0. The second kappa shape index (κ2) is 8.87. The zero-order valence-corrected chi connectivity index (χ0v) is 16.2. The van der Waals surface area contributed by atoms with Crippen molar-refractivity contribution in [2.24, 2.45) is 0 Å². The van der Waals surface area contributed by atoms with E-state index in [9.17, 15) is 18.6 Å². The van der Waals surface area contributed by atoms with Gasteiger partial charge in [-0.1, -0.05) is 30.3 Å². The van der Waals surface area contributed by atoms with Crippen molar-refractivity contribution in [2.45, 2.75) is 49.3 Å². The topological polar surface area (TPSA) is 77.8 Å². The molecule has 0 unspecified atom stereocenters. The zero-order valence-electron chi connectivity index (χ0n) is 15.4. The van der Waals surface area contributed by atoms with Crippen LogP contribution >= 0.6 is 0 Å². The minimum Gasteiger partial charge on any atom is -0.508 e. The summed E-state index contributed by atoms with van der Waals surface area (Å²) in [6, 6.07) is 15.9. The number of hydrogen-bond donors (Lipinski definition) is 2. The highest BCUT2D eigenvalue weighted by Gasteiger charge is 2.26. The monoisotopic (exact) mass is 389 g/mol. The predicted octanol–water partition coefficient (Wildman–Crippen LogP) is 2.97. The number of benzene rings is 2. The molecule has 2 aromatic rings. The van der Waals surface area contributed by atoms with E-state index in [0.29, 0.717) is 18.0 Å². The van der Waals surface area contributed by atoms with Crippen molar-refractivity contribution in [1.82, 2.24) is 4.90 Å². The van der Waals surface area contributed by atoms with Crippen molar-refractivity contribution in [3.05, 3.63) is 60.2 Å². The number of sulfone groups is 1. The quantitative estimate of drug-likeness (QED) is 0.761. The minimum absolute atomic E-state index is 0.0505. The molecule has 0 aliphatic heterocycles. The summed E-state index contributed by atoms with van der Waals surface area (Å²) in [5.41, 5.74) is 0.957. The van der Waals surface area contributed by atoms with Gasteiger partial charge in [0.1, 0.15) is 5.75 Å². The van der Waals surface area contributed by atoms with E-state index in [1.165, 1.54) is 0 Å². The summed E-state index contributed by atoms with van der Waals surface area (Å²) in [7, 11) is -3.35. The van der Waals surface area contributed by atoms with Gasteiger partial charge in [0.15, 0.2) is 9.84 Å². The Hall–Kier alpha value is -1.89. The van der Waals surface area contributed by atoms with E-state index in [0.717, 1.165) is 31.2 Å². The summed E-state index contributed by atoms with van der Waals surface area (Å²) in [5, 5.41) is 19.5. The lowest BCUT2D eigenvalue weighted by Crippen LogP contribution is -2.41. The fourth-order valence-corrected chi connectivity index (χ4v) is 4.97. The summed E-state index contributed by atoms with van der Waals surface area (Å²) in [6.45, 7) is 1.01. The van der Waals surface area contributed by atoms with Gasteiger partial charge in [0.05, 0.1) is 16.8 Å². The van der Waals surface area contributed by atoms with Crippen molar-refractivity contribution >= 4 is 9.84 Å². The molecule has 0 radical (unpaired) electrons. The second-order valence-corrected chi connectivity index (χ2v) is 9.34. The zero-order chi connectivity index (χ0) is 19.3. The van der Waals surface area contributed by atoms with Crippen molar-refractivity contribution in [3.8, 4) is 5.75 Å². The molecule has 0 bridgehead atoms. The average molecular weight is 390 g/mol. The third-order valence-electron chi connectivity index (χ3n) is 5.23. The summed E-state index contributed by atoms with van der Waals surface area (Å²) in [6.07, 6.45) is 2.94. The van der Waals surface area contributed by atoms with E-state index in [1.807, 2.05) is 6.07 Å². The number of nitrogens with zero attached hydrogens (tertiary/aromatic N) is 1. The molecule has 1 fully saturated rings. The lowest BCUT2D eigenvalue weighted by molar-refractivity contribution is 0.0730. The van der Waals surface area contributed by atoms with Crippen LogP contribution in [0, 0.1) is 0 Å². The van der Waals surface area contributed by atoms with Gasteiger partial charge in [-0.15, -0.1) is 0 Å². The Morgan fingerprint density at radius 2 is 1.67 bits per heavy atom. The Labute approximate surface area is 161 Å². The fourth-order valence-electron chi connectivity index (χ4n) is 3.69. The third kappa shape index (κ3) is 5.54. The Morgan fingerprint density at radius 3 is 2.33 bits per heavy atom. The van der Waals surface area contributed by atoms with E-state index >= 15 is 0 Å². The highest BCUT2D eigenvalue weighted by molar-refractivity contribution is 7.91. The van der Waals surface area contributed by atoms with Crippen molar-refractivity contribution in [3.63, 3.8) is 0 Å². The van der Waals surface area contributed by atoms with Crippen molar-refractivity contribution in [2.75, 3.05) is 12.3 Å². The first-order valence-electron chi connectivity index (χ1n) is 9.42. The smallest absolute Gasteiger partial charge is 0.179 e. The Bertz CT molecular complexity index is 830. The molecule has 6 heteroatoms. The molecule has 1 saturated carbocycles. The van der Waals surface area contributed by atoms with Crippen molar-refractivity contribution < 1.29 is 18.6 Å². The number of hydrogen-bond acceptors (Lipinski definition) is 5. The van der Waals surface area contributed by atoms with Gasteiger partial charge in [0, 0.05) is 19.1 Å². The van der Waals surface area contributed by atoms with Gasteiger partial charge in [0.2, 0.25) is 0 Å². The molecule has 27 heavy (non-hydrogen) atoms. The van der Waals surface area contributed by atoms with Gasteiger partial charge in [-0.25, -0.2) is 8.42 Å². The molecule has 0 aromatic heterocycles. The lowest BCUT2D eigenvalue weighted by atomic mass is 9.91. The van der Waals surface area contributed by atoms with Crippen LogP contribution in [0.5, 0.6) is 5.75 Å². The standard InChI is InChI=1S/C21H27NO4S/c23-19-11-9-18(10-12-19)22(16-17-5-4-6-20(24)15-17)13-14-27(25,26)21-7-2-1-3-8-21/h1-8,15,18-19,23-24H,9-14,16H2. The summed E-state index contributed by atoms with van der Waals surface area (Å²) in [4.78, 5) is 2.53. The van der Waals surface area contributed by atoms with Crippen LogP contribution in [-0.4, -0.2) is 48.0 Å². The highest BCUT2D eigenvalue weighted by atomic mass is 32.2. The molecule has 0 spiro atoms. The molecule has 2 N–H and O–H groups in total. The largest absolute Gasteiger partial charge is 0.508 e. The van der Waals surface area contributed by atoms with E-state index in [-0.39, 0.29) is 23.6 Å². The number of phenols is 1. The maximum Gasteiger partial charge on any atom is 0.179 e. The molecule has 0 amide bonds. The van der Waals surface area contributed by atoms with Gasteiger partial charge in [-0.2, -0.15) is 0 Å². The van der Waals surface area contributed by atoms with Gasteiger partial charge < -0.3 is 10.2 Å². The lowest BCUT2D eigenvalue weighted by Gasteiger charge is -2.35. The number of rotatable bonds is 7. The fraction of sp³-hybridized carbons (Fsp3) is 0.429. The molecule has 1 aliphatic carbocycles. The third-order valence-corrected chi connectivity index (χ3v) is 6.94. The van der Waals surface area contributed by atoms with E-state index in [1.54, 1.807) is 48.5 Å². The molecule has 3 rings (SSSR count). The van der Waals surface area contributed by atoms with Crippen molar-refractivity contribution in [1.29, 1.82) is 0 Å². The number of phenolic OH excluding ortho intramolecular Hbond substituents is 1. The van der Waals surface area contributed by atoms with E-state index < -0.39 is 9.84 Å². The first-order chi connectivity index (χ1) is 12.9. The number of aliphatic hydroxyl groups is 1. The highest BCUT2D eigenvalue weighted by Crippen LogP contribution is 2.25. The second-order valence-electron chi connectivity index (χ2n) is 7.23. The Morgan fingerprint density at radius 1 is 0.963 bits per heavy atom. The molecule has 146 valence electrons. The van der Waals surface area contributed by atoms with Crippen LogP contribution in [0.2, 0.25) is 0 Å². The van der Waals surface area contributed by atoms with Crippen LogP contribution < -0.4 is 0 Å². The first-order valence-corrected chi connectivity index (χ1v) is 11.1. The average Bonchev–Trinajstić information content (AvgIpc) is 2.67. The molecule has 5 nitrogen and oxygen atoms in total. The Kier molecular flexibility index (Phi) is 6.52. The normalized spacial score (nSPS) is 20.7. The van der Waals surface area contributed by atoms with Gasteiger partial charge in [-0.05, 0) is 55.5 Å². The minimum atomic E-state index is -3.35. The molecular weight excluding hydrogens is 362 g/mol. The molecule has 2 aromatic carbocycles. The first kappa shape index (κ1) is 19.9. The predicted molar refractivity (Wildman–Crippen MR) is 105 cm³/mol. The van der Waals surface area contributed by atoms with Gasteiger partial charge >= 0.3 is 0 Å². The maximum atomic E-state index is 12.7. The SMILES string of the molecule is O=S(=O)(CCN(Cc1cccc(O)c1)C1CCC(O)CC1)c1ccccc1. The van der Waals surface area contributed by atoms with Gasteiger partial charge in [-0.3, -0.25) is 4.90 Å². The number of aliphatic hydroxyl groups excluding tert-OH is 1. The van der Waals surface area contributed by atoms with Gasteiger partial charge in [0.25, 0.3) is 0 Å². The van der Waals surface area contributed by atoms with Crippen LogP contribution in [0.15, 0.2) is 59.5 Å². The molecule has 0 saturated heterocycles. The maximum absolute atomic E-state index is 12.7. The molecule has 1 aliphatic rings. The molecule has 0 atom stereocenters. The molecule has 0 heterocycles.